The highest BCUT2D eigenvalue weighted by molar-refractivity contribution is 7.09. The summed E-state index contributed by atoms with van der Waals surface area (Å²) in [4.78, 5) is 1.47. The Balaban J connectivity index is 2.00. The third-order valence-corrected chi connectivity index (χ3v) is 3.38. The molecule has 0 bridgehead atoms. The Bertz CT molecular complexity index is 257. The van der Waals surface area contributed by atoms with E-state index in [1.807, 2.05) is 11.3 Å². The predicted octanol–water partition coefficient (Wildman–Crippen LogP) is 2.51. The average molecular weight is 240 g/mol. The van der Waals surface area contributed by atoms with E-state index >= 15 is 0 Å². The summed E-state index contributed by atoms with van der Waals surface area (Å²) in [7, 11) is 0. The van der Waals surface area contributed by atoms with Crippen LogP contribution in [0.2, 0.25) is 0 Å². The summed E-state index contributed by atoms with van der Waals surface area (Å²) in [5.41, 5.74) is 0. The summed E-state index contributed by atoms with van der Waals surface area (Å²) < 4.78 is 0. The minimum atomic E-state index is 0.554. The predicted molar refractivity (Wildman–Crippen MR) is 73.2 cm³/mol. The van der Waals surface area contributed by atoms with Crippen LogP contribution >= 0.6 is 11.3 Å². The van der Waals surface area contributed by atoms with Crippen LogP contribution in [0.25, 0.3) is 0 Å². The van der Waals surface area contributed by atoms with Gasteiger partial charge in [0.1, 0.15) is 0 Å². The molecule has 1 unspecified atom stereocenters. The van der Waals surface area contributed by atoms with Gasteiger partial charge in [-0.1, -0.05) is 19.9 Å². The van der Waals surface area contributed by atoms with E-state index in [4.69, 9.17) is 0 Å². The molecular formula is C13H24N2S. The lowest BCUT2D eigenvalue weighted by atomic mass is 10.2. The van der Waals surface area contributed by atoms with Crippen LogP contribution < -0.4 is 10.6 Å². The van der Waals surface area contributed by atoms with Crippen LogP contribution in [0, 0.1) is 5.92 Å². The van der Waals surface area contributed by atoms with E-state index in [-0.39, 0.29) is 0 Å². The minimum Gasteiger partial charge on any atom is -0.315 e. The van der Waals surface area contributed by atoms with Crippen LogP contribution in [0.5, 0.6) is 0 Å². The largest absolute Gasteiger partial charge is 0.315 e. The Morgan fingerprint density at radius 2 is 2.06 bits per heavy atom. The molecule has 0 saturated carbocycles. The van der Waals surface area contributed by atoms with Crippen molar-refractivity contribution in [2.24, 2.45) is 5.92 Å². The Kier molecular flexibility index (Phi) is 6.69. The zero-order valence-electron chi connectivity index (χ0n) is 10.6. The molecule has 0 aliphatic carbocycles. The Morgan fingerprint density at radius 3 is 2.69 bits per heavy atom. The number of rotatable bonds is 8. The summed E-state index contributed by atoms with van der Waals surface area (Å²) in [6, 6.07) is 4.88. The molecule has 0 aliphatic rings. The highest BCUT2D eigenvalue weighted by Gasteiger charge is 2.01. The Labute approximate surface area is 103 Å². The molecule has 1 atom stereocenters. The molecule has 0 spiro atoms. The summed E-state index contributed by atoms with van der Waals surface area (Å²) in [5.74, 6) is 0.735. The monoisotopic (exact) mass is 240 g/mol. The van der Waals surface area contributed by atoms with Crippen LogP contribution in [0.4, 0.5) is 0 Å². The minimum absolute atomic E-state index is 0.554. The van der Waals surface area contributed by atoms with Crippen LogP contribution in [-0.2, 0) is 6.42 Å². The first-order valence-corrected chi connectivity index (χ1v) is 7.03. The van der Waals surface area contributed by atoms with Gasteiger partial charge >= 0.3 is 0 Å². The lowest BCUT2D eigenvalue weighted by Crippen LogP contribution is -2.38. The van der Waals surface area contributed by atoms with Gasteiger partial charge in [0.25, 0.3) is 0 Å². The first-order valence-electron chi connectivity index (χ1n) is 6.15. The lowest BCUT2D eigenvalue weighted by Gasteiger charge is -2.15. The van der Waals surface area contributed by atoms with Crippen molar-refractivity contribution in [3.8, 4) is 0 Å². The van der Waals surface area contributed by atoms with Crippen LogP contribution in [-0.4, -0.2) is 25.7 Å². The van der Waals surface area contributed by atoms with E-state index in [1.165, 1.54) is 4.88 Å². The van der Waals surface area contributed by atoms with Gasteiger partial charge in [-0.15, -0.1) is 11.3 Å². The molecule has 16 heavy (non-hydrogen) atoms. The van der Waals surface area contributed by atoms with Gasteiger partial charge in [0, 0.05) is 24.0 Å². The summed E-state index contributed by atoms with van der Waals surface area (Å²) in [6.45, 7) is 9.95. The van der Waals surface area contributed by atoms with Crippen molar-refractivity contribution in [3.05, 3.63) is 22.4 Å². The van der Waals surface area contributed by atoms with Crippen molar-refractivity contribution in [1.29, 1.82) is 0 Å². The molecule has 0 aliphatic heterocycles. The number of nitrogens with one attached hydrogen (secondary N) is 2. The van der Waals surface area contributed by atoms with Crippen molar-refractivity contribution < 1.29 is 0 Å². The molecule has 1 heterocycles. The maximum Gasteiger partial charge on any atom is 0.0164 e. The molecule has 2 nitrogen and oxygen atoms in total. The standard InChI is InChI=1S/C13H24N2S/c1-11(2)9-14-10-12(3)15-7-6-13-5-4-8-16-13/h4-5,8,11-12,14-15H,6-7,9-10H2,1-3H3. The van der Waals surface area contributed by atoms with Gasteiger partial charge in [-0.2, -0.15) is 0 Å². The van der Waals surface area contributed by atoms with E-state index in [9.17, 15) is 0 Å². The fourth-order valence-electron chi connectivity index (χ4n) is 1.56. The van der Waals surface area contributed by atoms with Gasteiger partial charge in [0.15, 0.2) is 0 Å². The van der Waals surface area contributed by atoms with Gasteiger partial charge in [0.05, 0.1) is 0 Å². The molecule has 0 amide bonds. The molecule has 0 fully saturated rings. The molecule has 0 saturated heterocycles. The fraction of sp³-hybridized carbons (Fsp3) is 0.692. The second-order valence-electron chi connectivity index (χ2n) is 4.74. The average Bonchev–Trinajstić information content (AvgIpc) is 2.70. The SMILES string of the molecule is CC(C)CNCC(C)NCCc1cccs1. The van der Waals surface area contributed by atoms with Crippen molar-refractivity contribution in [1.82, 2.24) is 10.6 Å². The molecule has 1 aromatic heterocycles. The van der Waals surface area contributed by atoms with Crippen molar-refractivity contribution in [2.45, 2.75) is 33.2 Å². The van der Waals surface area contributed by atoms with Gasteiger partial charge in [0.2, 0.25) is 0 Å². The Hall–Kier alpha value is -0.380. The smallest absolute Gasteiger partial charge is 0.0164 e. The maximum atomic E-state index is 3.54. The Morgan fingerprint density at radius 1 is 1.25 bits per heavy atom. The van der Waals surface area contributed by atoms with Gasteiger partial charge in [-0.05, 0) is 37.3 Å². The second-order valence-corrected chi connectivity index (χ2v) is 5.77. The van der Waals surface area contributed by atoms with Crippen LogP contribution in [0.15, 0.2) is 17.5 Å². The third kappa shape index (κ3) is 6.26. The van der Waals surface area contributed by atoms with Crippen molar-refractivity contribution in [2.75, 3.05) is 19.6 Å². The summed E-state index contributed by atoms with van der Waals surface area (Å²) in [5, 5.41) is 9.15. The van der Waals surface area contributed by atoms with E-state index in [0.717, 1.165) is 32.0 Å². The fourth-order valence-corrected chi connectivity index (χ4v) is 2.27. The number of thiophene rings is 1. The molecule has 1 aromatic rings. The van der Waals surface area contributed by atoms with Crippen molar-refractivity contribution >= 4 is 11.3 Å². The summed E-state index contributed by atoms with van der Waals surface area (Å²) in [6.07, 6.45) is 1.15. The number of hydrogen-bond acceptors (Lipinski definition) is 3. The first-order chi connectivity index (χ1) is 7.68. The normalized spacial score (nSPS) is 13.2. The zero-order chi connectivity index (χ0) is 11.8. The van der Waals surface area contributed by atoms with Crippen LogP contribution in [0.1, 0.15) is 25.6 Å². The number of hydrogen-bond donors (Lipinski definition) is 2. The molecule has 3 heteroatoms. The van der Waals surface area contributed by atoms with Crippen LogP contribution in [0.3, 0.4) is 0 Å². The molecule has 2 N–H and O–H groups in total. The van der Waals surface area contributed by atoms with E-state index in [0.29, 0.717) is 6.04 Å². The zero-order valence-corrected chi connectivity index (χ0v) is 11.4. The molecular weight excluding hydrogens is 216 g/mol. The topological polar surface area (TPSA) is 24.1 Å². The highest BCUT2D eigenvalue weighted by atomic mass is 32.1. The second kappa shape index (κ2) is 7.82. The molecule has 1 rings (SSSR count). The quantitative estimate of drug-likeness (QED) is 0.729. The molecule has 0 aromatic carbocycles. The lowest BCUT2D eigenvalue weighted by molar-refractivity contribution is 0.475. The molecule has 0 radical (unpaired) electrons. The van der Waals surface area contributed by atoms with Gasteiger partial charge < -0.3 is 10.6 Å². The van der Waals surface area contributed by atoms with Crippen molar-refractivity contribution in [3.63, 3.8) is 0 Å². The first kappa shape index (κ1) is 13.7. The van der Waals surface area contributed by atoms with Gasteiger partial charge in [-0.3, -0.25) is 0 Å². The van der Waals surface area contributed by atoms with E-state index in [1.54, 1.807) is 0 Å². The summed E-state index contributed by atoms with van der Waals surface area (Å²) >= 11 is 1.84. The van der Waals surface area contributed by atoms with E-state index in [2.05, 4.69) is 48.9 Å². The molecule has 92 valence electrons. The third-order valence-electron chi connectivity index (χ3n) is 2.45. The highest BCUT2D eigenvalue weighted by Crippen LogP contribution is 2.08. The maximum absolute atomic E-state index is 3.54. The van der Waals surface area contributed by atoms with E-state index < -0.39 is 0 Å². The van der Waals surface area contributed by atoms with Gasteiger partial charge in [-0.25, -0.2) is 0 Å².